The van der Waals surface area contributed by atoms with Crippen LogP contribution in [0.4, 0.5) is 0 Å². The van der Waals surface area contributed by atoms with E-state index in [9.17, 15) is 14.7 Å². The Bertz CT molecular complexity index is 344. The molecule has 0 radical (unpaired) electrons. The molecular formula is C14H23NO4. The summed E-state index contributed by atoms with van der Waals surface area (Å²) in [4.78, 5) is 25.5. The largest absolute Gasteiger partial charge is 0.480 e. The third-order valence-corrected chi connectivity index (χ3v) is 4.20. The second kappa shape index (κ2) is 6.37. The standard InChI is InChI=1S/C14H23NO4/c1-10-7-9-19-12(10)13(16)15-8-5-3-2-4-6-11(15)14(17)18/h10-12H,2-9H2,1H3,(H,17,18). The molecule has 0 spiro atoms. The van der Waals surface area contributed by atoms with Crippen molar-refractivity contribution in [3.63, 3.8) is 0 Å². The van der Waals surface area contributed by atoms with Crippen molar-refractivity contribution in [3.05, 3.63) is 0 Å². The first-order valence-electron chi connectivity index (χ1n) is 7.26. The van der Waals surface area contributed by atoms with Crippen molar-refractivity contribution in [1.29, 1.82) is 0 Å². The number of aliphatic carboxylic acids is 1. The SMILES string of the molecule is CC1CCOC1C(=O)N1CCCCCCC1C(=O)O. The second-order valence-electron chi connectivity index (χ2n) is 5.65. The predicted molar refractivity (Wildman–Crippen MR) is 69.7 cm³/mol. The summed E-state index contributed by atoms with van der Waals surface area (Å²) < 4.78 is 5.50. The van der Waals surface area contributed by atoms with Gasteiger partial charge in [0.05, 0.1) is 0 Å². The van der Waals surface area contributed by atoms with Gasteiger partial charge in [0, 0.05) is 13.2 Å². The Morgan fingerprint density at radius 1 is 1.16 bits per heavy atom. The molecule has 2 rings (SSSR count). The van der Waals surface area contributed by atoms with Crippen molar-refractivity contribution >= 4 is 11.9 Å². The van der Waals surface area contributed by atoms with Crippen molar-refractivity contribution in [2.75, 3.05) is 13.2 Å². The molecule has 108 valence electrons. The van der Waals surface area contributed by atoms with Crippen LogP contribution >= 0.6 is 0 Å². The molecule has 2 fully saturated rings. The van der Waals surface area contributed by atoms with E-state index in [1.165, 1.54) is 0 Å². The summed E-state index contributed by atoms with van der Waals surface area (Å²) >= 11 is 0. The van der Waals surface area contributed by atoms with Gasteiger partial charge in [0.1, 0.15) is 12.1 Å². The molecule has 0 aromatic heterocycles. The van der Waals surface area contributed by atoms with E-state index in [1.54, 1.807) is 4.90 Å². The minimum Gasteiger partial charge on any atom is -0.480 e. The number of carbonyl (C=O) groups is 2. The second-order valence-corrected chi connectivity index (χ2v) is 5.65. The average Bonchev–Trinajstić information content (AvgIpc) is 2.74. The van der Waals surface area contributed by atoms with Crippen LogP contribution in [0, 0.1) is 5.92 Å². The zero-order valence-corrected chi connectivity index (χ0v) is 11.5. The Kier molecular flexibility index (Phi) is 4.80. The van der Waals surface area contributed by atoms with Gasteiger partial charge in [0.15, 0.2) is 0 Å². The lowest BCUT2D eigenvalue weighted by atomic mass is 9.98. The van der Waals surface area contributed by atoms with Crippen molar-refractivity contribution < 1.29 is 19.4 Å². The van der Waals surface area contributed by atoms with Crippen LogP contribution in [0.25, 0.3) is 0 Å². The first-order chi connectivity index (χ1) is 9.11. The van der Waals surface area contributed by atoms with Gasteiger partial charge < -0.3 is 14.7 Å². The van der Waals surface area contributed by atoms with Crippen LogP contribution in [0.2, 0.25) is 0 Å². The van der Waals surface area contributed by atoms with Crippen LogP contribution in [-0.2, 0) is 14.3 Å². The summed E-state index contributed by atoms with van der Waals surface area (Å²) in [6.07, 6.45) is 4.88. The van der Waals surface area contributed by atoms with Crippen molar-refractivity contribution in [1.82, 2.24) is 4.90 Å². The Morgan fingerprint density at radius 3 is 2.53 bits per heavy atom. The summed E-state index contributed by atoms with van der Waals surface area (Å²) in [7, 11) is 0. The fourth-order valence-corrected chi connectivity index (χ4v) is 2.98. The number of carboxylic acids is 1. The number of ether oxygens (including phenoxy) is 1. The lowest BCUT2D eigenvalue weighted by Gasteiger charge is -2.33. The molecule has 0 aliphatic carbocycles. The molecule has 5 heteroatoms. The van der Waals surface area contributed by atoms with Crippen molar-refractivity contribution in [2.24, 2.45) is 5.92 Å². The maximum atomic E-state index is 12.5. The van der Waals surface area contributed by atoms with Gasteiger partial charge >= 0.3 is 5.97 Å². The first kappa shape index (κ1) is 14.3. The van der Waals surface area contributed by atoms with Crippen LogP contribution < -0.4 is 0 Å². The van der Waals surface area contributed by atoms with E-state index >= 15 is 0 Å². The highest BCUT2D eigenvalue weighted by atomic mass is 16.5. The molecule has 0 bridgehead atoms. The molecule has 3 unspecified atom stereocenters. The third kappa shape index (κ3) is 3.26. The molecule has 0 aromatic carbocycles. The average molecular weight is 269 g/mol. The number of carboxylic acid groups (broad SMARTS) is 1. The molecule has 2 heterocycles. The lowest BCUT2D eigenvalue weighted by molar-refractivity contribution is -0.156. The molecular weight excluding hydrogens is 246 g/mol. The van der Waals surface area contributed by atoms with E-state index in [1.807, 2.05) is 6.92 Å². The molecule has 3 atom stereocenters. The third-order valence-electron chi connectivity index (χ3n) is 4.20. The van der Waals surface area contributed by atoms with Crippen molar-refractivity contribution in [2.45, 2.75) is 57.6 Å². The molecule has 1 amide bonds. The quantitative estimate of drug-likeness (QED) is 0.828. The van der Waals surface area contributed by atoms with E-state index in [4.69, 9.17) is 4.74 Å². The predicted octanol–water partition coefficient (Wildman–Crippen LogP) is 1.66. The zero-order chi connectivity index (χ0) is 13.8. The van der Waals surface area contributed by atoms with Gasteiger partial charge in [0.25, 0.3) is 5.91 Å². The van der Waals surface area contributed by atoms with Gasteiger partial charge in [-0.25, -0.2) is 4.79 Å². The minimum atomic E-state index is -0.888. The highest BCUT2D eigenvalue weighted by Gasteiger charge is 2.38. The summed E-state index contributed by atoms with van der Waals surface area (Å²) in [5.74, 6) is -0.826. The van der Waals surface area contributed by atoms with Crippen LogP contribution in [-0.4, -0.2) is 47.2 Å². The zero-order valence-electron chi connectivity index (χ0n) is 11.5. The normalized spacial score (nSPS) is 32.7. The monoisotopic (exact) mass is 269 g/mol. The highest BCUT2D eigenvalue weighted by Crippen LogP contribution is 2.25. The smallest absolute Gasteiger partial charge is 0.326 e. The van der Waals surface area contributed by atoms with Crippen LogP contribution in [0.15, 0.2) is 0 Å². The van der Waals surface area contributed by atoms with E-state index in [2.05, 4.69) is 0 Å². The number of nitrogens with zero attached hydrogens (tertiary/aromatic N) is 1. The molecule has 0 aromatic rings. The molecule has 1 N–H and O–H groups in total. The van der Waals surface area contributed by atoms with Gasteiger partial charge in [-0.3, -0.25) is 4.79 Å². The summed E-state index contributed by atoms with van der Waals surface area (Å²) in [6, 6.07) is -0.677. The van der Waals surface area contributed by atoms with E-state index in [0.717, 1.165) is 32.1 Å². The Balaban J connectivity index is 2.11. The van der Waals surface area contributed by atoms with Gasteiger partial charge in [-0.05, 0) is 25.2 Å². The van der Waals surface area contributed by atoms with Crippen molar-refractivity contribution in [3.8, 4) is 0 Å². The molecule has 2 aliphatic rings. The van der Waals surface area contributed by atoms with Crippen LogP contribution in [0.3, 0.4) is 0 Å². The van der Waals surface area contributed by atoms with Crippen LogP contribution in [0.5, 0.6) is 0 Å². The van der Waals surface area contributed by atoms with Gasteiger partial charge in [-0.1, -0.05) is 26.2 Å². The maximum Gasteiger partial charge on any atom is 0.326 e. The molecule has 5 nitrogen and oxygen atoms in total. The lowest BCUT2D eigenvalue weighted by Crippen LogP contribution is -2.51. The van der Waals surface area contributed by atoms with Gasteiger partial charge in [-0.2, -0.15) is 0 Å². The Labute approximate surface area is 113 Å². The molecule has 2 saturated heterocycles. The topological polar surface area (TPSA) is 66.8 Å². The van der Waals surface area contributed by atoms with Gasteiger partial charge in [0.2, 0.25) is 0 Å². The summed E-state index contributed by atoms with van der Waals surface area (Å²) in [5.41, 5.74) is 0. The van der Waals surface area contributed by atoms with E-state index in [0.29, 0.717) is 19.6 Å². The summed E-state index contributed by atoms with van der Waals surface area (Å²) in [6.45, 7) is 3.14. The minimum absolute atomic E-state index is 0.126. The number of carbonyl (C=O) groups excluding carboxylic acids is 1. The highest BCUT2D eigenvalue weighted by molar-refractivity contribution is 5.86. The number of rotatable bonds is 2. The molecule has 2 aliphatic heterocycles. The van der Waals surface area contributed by atoms with E-state index in [-0.39, 0.29) is 11.8 Å². The Morgan fingerprint density at radius 2 is 1.89 bits per heavy atom. The summed E-state index contributed by atoms with van der Waals surface area (Å²) in [5, 5.41) is 9.35. The fraction of sp³-hybridized carbons (Fsp3) is 0.857. The van der Waals surface area contributed by atoms with Gasteiger partial charge in [-0.15, -0.1) is 0 Å². The first-order valence-corrected chi connectivity index (χ1v) is 7.26. The maximum absolute atomic E-state index is 12.5. The molecule has 19 heavy (non-hydrogen) atoms. The molecule has 0 saturated carbocycles. The number of hydrogen-bond donors (Lipinski definition) is 1. The number of amides is 1. The number of likely N-dealkylation sites (tertiary alicyclic amines) is 1. The number of hydrogen-bond acceptors (Lipinski definition) is 3. The fourth-order valence-electron chi connectivity index (χ4n) is 2.98. The van der Waals surface area contributed by atoms with E-state index < -0.39 is 18.1 Å². The van der Waals surface area contributed by atoms with Crippen LogP contribution in [0.1, 0.15) is 45.4 Å². The Hall–Kier alpha value is -1.10.